The Bertz CT molecular complexity index is 2190. The van der Waals surface area contributed by atoms with Gasteiger partial charge in [0.15, 0.2) is 0 Å². The Morgan fingerprint density at radius 2 is 1.02 bits per heavy atom. The maximum absolute atomic E-state index is 13.6. The Kier molecular flexibility index (Phi) is 17.2. The van der Waals surface area contributed by atoms with Gasteiger partial charge >= 0.3 is 11.9 Å². The number of benzene rings is 4. The Labute approximate surface area is 384 Å². The molecule has 2 unspecified atom stereocenters. The molecule has 2 heterocycles. The lowest BCUT2D eigenvalue weighted by Gasteiger charge is -2.30. The van der Waals surface area contributed by atoms with E-state index < -0.39 is 0 Å². The molecule has 2 aliphatic rings. The predicted molar refractivity (Wildman–Crippen MR) is 250 cm³/mol. The number of hydrogen-bond acceptors (Lipinski definition) is 9. The second-order valence-electron chi connectivity index (χ2n) is 15.1. The Balaban J connectivity index is 1.37. The first-order chi connectivity index (χ1) is 30.6. The van der Waals surface area contributed by atoms with Gasteiger partial charge in [-0.25, -0.2) is 0 Å². The van der Waals surface area contributed by atoms with E-state index >= 15 is 0 Å². The smallest absolute Gasteiger partial charge is 0.310 e. The molecule has 0 N–H and O–H groups in total. The van der Waals surface area contributed by atoms with E-state index in [0.717, 1.165) is 11.1 Å². The van der Waals surface area contributed by atoms with E-state index in [1.54, 1.807) is 35.8 Å². The molecule has 13 heteroatoms. The van der Waals surface area contributed by atoms with Crippen LogP contribution in [0.2, 0.25) is 10.0 Å². The van der Waals surface area contributed by atoms with Gasteiger partial charge in [0.2, 0.25) is 11.8 Å². The Hall–Kier alpha value is -5.23. The molecule has 2 fully saturated rings. The zero-order chi connectivity index (χ0) is 44.9. The number of carbonyl (C=O) groups excluding carboxylic acids is 4. The second-order valence-corrected chi connectivity index (χ2v) is 16.9. The van der Waals surface area contributed by atoms with Gasteiger partial charge in [0.1, 0.15) is 11.5 Å². The van der Waals surface area contributed by atoms with Crippen molar-refractivity contribution in [2.45, 2.75) is 63.2 Å². The van der Waals surface area contributed by atoms with E-state index in [-0.39, 0.29) is 35.6 Å². The third-order valence-corrected chi connectivity index (χ3v) is 13.1. The van der Waals surface area contributed by atoms with Crippen molar-refractivity contribution in [1.82, 2.24) is 9.80 Å². The minimum absolute atomic E-state index is 0.207. The number of para-hydroxylation sites is 2. The first-order valence-corrected chi connectivity index (χ1v) is 23.2. The highest BCUT2D eigenvalue weighted by molar-refractivity contribution is 7.99. The van der Waals surface area contributed by atoms with Crippen molar-refractivity contribution in [2.24, 2.45) is 11.8 Å². The van der Waals surface area contributed by atoms with Gasteiger partial charge < -0.3 is 28.7 Å². The van der Waals surface area contributed by atoms with E-state index in [4.69, 9.17) is 42.1 Å². The number of piperidine rings is 2. The first-order valence-electron chi connectivity index (χ1n) is 21.6. The molecule has 4 aromatic carbocycles. The van der Waals surface area contributed by atoms with Gasteiger partial charge in [0.25, 0.3) is 0 Å². The van der Waals surface area contributed by atoms with E-state index in [1.165, 1.54) is 23.9 Å². The highest BCUT2D eigenvalue weighted by Crippen LogP contribution is 2.48. The van der Waals surface area contributed by atoms with E-state index in [2.05, 4.69) is 0 Å². The van der Waals surface area contributed by atoms with Crippen LogP contribution < -0.4 is 9.47 Å². The van der Waals surface area contributed by atoms with Gasteiger partial charge in [0, 0.05) is 70.4 Å². The monoisotopic (exact) mass is 912 g/mol. The molecule has 63 heavy (non-hydrogen) atoms. The summed E-state index contributed by atoms with van der Waals surface area (Å²) in [6, 6.07) is 22.9. The van der Waals surface area contributed by atoms with Gasteiger partial charge in [-0.3, -0.25) is 19.2 Å². The highest BCUT2D eigenvalue weighted by atomic mass is 35.5. The zero-order valence-corrected chi connectivity index (χ0v) is 38.5. The number of halogens is 2. The zero-order valence-electron chi connectivity index (χ0n) is 36.2. The van der Waals surface area contributed by atoms with Gasteiger partial charge in [-0.15, -0.1) is 0 Å². The molecule has 0 aliphatic carbocycles. The molecule has 2 atom stereocenters. The lowest BCUT2D eigenvalue weighted by Crippen LogP contribution is -2.42. The number of carbonyl (C=O) groups is 4. The summed E-state index contributed by atoms with van der Waals surface area (Å²) >= 11 is 16.2. The summed E-state index contributed by atoms with van der Waals surface area (Å²) in [5.41, 5.74) is 4.27. The SMILES string of the molecule is CCOC(=O)C1CCCN(C(=O)C=Cc2ccc(Sc3ccc(C=CC(=O)N4CCCC(C(=O)OCC)C4)c(-c4ccccc4OCC)c3Cl)c(Cl)c2-c2ccccc2OCC)C1. The van der Waals surface area contributed by atoms with Crippen LogP contribution >= 0.6 is 35.0 Å². The summed E-state index contributed by atoms with van der Waals surface area (Å²) in [5, 5.41) is 0.873. The Morgan fingerprint density at radius 3 is 1.41 bits per heavy atom. The standard InChI is InChI=1S/C50H54Cl2N2O8S/c1-5-59-39-19-11-9-17-37(39)45-33(23-27-43(55)53-29-13-15-35(31-53)49(57)61-7-3)21-25-41(47(45)51)63-42-26-22-34(46(48(42)52)38-18-10-12-20-40(38)60-6-2)24-28-44(56)54-30-14-16-36(32-54)50(58)62-8-4/h9-12,17-28,35-36H,5-8,13-16,29-32H2,1-4H3. The molecule has 332 valence electrons. The molecule has 2 amide bonds. The minimum Gasteiger partial charge on any atom is -0.493 e. The summed E-state index contributed by atoms with van der Waals surface area (Å²) in [6.45, 7) is 10.6. The second kappa shape index (κ2) is 22.9. The topological polar surface area (TPSA) is 112 Å². The third kappa shape index (κ3) is 11.7. The van der Waals surface area contributed by atoms with Gasteiger partial charge in [-0.1, -0.05) is 83.5 Å². The van der Waals surface area contributed by atoms with E-state index in [9.17, 15) is 19.2 Å². The van der Waals surface area contributed by atoms with Crippen molar-refractivity contribution in [3.63, 3.8) is 0 Å². The number of ether oxygens (including phenoxy) is 4. The average molecular weight is 914 g/mol. The van der Waals surface area contributed by atoms with Crippen LogP contribution in [0.5, 0.6) is 11.5 Å². The van der Waals surface area contributed by atoms with Crippen LogP contribution in [0.15, 0.2) is 94.7 Å². The van der Waals surface area contributed by atoms with Gasteiger partial charge in [-0.2, -0.15) is 0 Å². The van der Waals surface area contributed by atoms with Crippen molar-refractivity contribution in [2.75, 3.05) is 52.6 Å². The maximum Gasteiger partial charge on any atom is 0.310 e. The lowest BCUT2D eigenvalue weighted by molar-refractivity contribution is -0.152. The van der Waals surface area contributed by atoms with E-state index in [0.29, 0.717) is 132 Å². The molecule has 0 saturated carbocycles. The molecule has 0 bridgehead atoms. The van der Waals surface area contributed by atoms with Gasteiger partial charge in [-0.05, 0) is 101 Å². The number of esters is 2. The summed E-state index contributed by atoms with van der Waals surface area (Å²) in [5.74, 6) is -0.399. The van der Waals surface area contributed by atoms with Crippen molar-refractivity contribution in [1.29, 1.82) is 0 Å². The van der Waals surface area contributed by atoms with Gasteiger partial charge in [0.05, 0.1) is 48.3 Å². The molecule has 0 aromatic heterocycles. The number of hydrogen-bond donors (Lipinski definition) is 0. The van der Waals surface area contributed by atoms with Crippen molar-refractivity contribution in [3.05, 3.63) is 106 Å². The van der Waals surface area contributed by atoms with Crippen LogP contribution in [-0.2, 0) is 28.7 Å². The minimum atomic E-state index is -0.352. The summed E-state index contributed by atoms with van der Waals surface area (Å²) < 4.78 is 22.6. The van der Waals surface area contributed by atoms with Crippen LogP contribution in [0.3, 0.4) is 0 Å². The fourth-order valence-electron chi connectivity index (χ4n) is 7.95. The number of likely N-dealkylation sites (tertiary alicyclic amines) is 2. The van der Waals surface area contributed by atoms with Crippen LogP contribution in [0, 0.1) is 11.8 Å². The molecule has 10 nitrogen and oxygen atoms in total. The average Bonchev–Trinajstić information content (AvgIpc) is 3.30. The summed E-state index contributed by atoms with van der Waals surface area (Å²) in [6.07, 6.45) is 9.35. The Morgan fingerprint density at radius 1 is 0.603 bits per heavy atom. The van der Waals surface area contributed by atoms with Crippen molar-refractivity contribution >= 4 is 70.9 Å². The largest absolute Gasteiger partial charge is 0.493 e. The molecular weight excluding hydrogens is 860 g/mol. The molecule has 6 rings (SSSR count). The number of rotatable bonds is 16. The first kappa shape index (κ1) is 47.3. The molecular formula is C50H54Cl2N2O8S. The van der Waals surface area contributed by atoms with Crippen LogP contribution in [0.25, 0.3) is 34.4 Å². The third-order valence-electron chi connectivity index (χ3n) is 10.9. The van der Waals surface area contributed by atoms with Crippen LogP contribution in [0.1, 0.15) is 64.5 Å². The molecule has 2 aliphatic heterocycles. The molecule has 0 spiro atoms. The van der Waals surface area contributed by atoms with Crippen LogP contribution in [-0.4, -0.2) is 86.2 Å². The molecule has 2 saturated heterocycles. The lowest BCUT2D eigenvalue weighted by atomic mass is 9.97. The molecule has 4 aromatic rings. The fourth-order valence-corrected chi connectivity index (χ4v) is 9.62. The predicted octanol–water partition coefficient (Wildman–Crippen LogP) is 10.9. The fraction of sp³-hybridized carbons (Fsp3) is 0.360. The highest BCUT2D eigenvalue weighted by Gasteiger charge is 2.30. The number of amides is 2. The van der Waals surface area contributed by atoms with E-state index in [1.807, 2.05) is 86.6 Å². The summed E-state index contributed by atoms with van der Waals surface area (Å²) in [4.78, 5) is 56.9. The number of nitrogens with zero attached hydrogens (tertiary/aromatic N) is 2. The maximum atomic E-state index is 13.6. The summed E-state index contributed by atoms with van der Waals surface area (Å²) in [7, 11) is 0. The van der Waals surface area contributed by atoms with Crippen molar-refractivity contribution < 1.29 is 38.1 Å². The van der Waals surface area contributed by atoms with Crippen molar-refractivity contribution in [3.8, 4) is 33.8 Å². The normalized spacial score (nSPS) is 16.6. The molecule has 0 radical (unpaired) electrons. The quantitative estimate of drug-likeness (QED) is 0.0801. The van der Waals surface area contributed by atoms with Crippen LogP contribution in [0.4, 0.5) is 0 Å².